The van der Waals surface area contributed by atoms with Crippen LogP contribution in [0.25, 0.3) is 0 Å². The normalized spacial score (nSPS) is 12.5. The summed E-state index contributed by atoms with van der Waals surface area (Å²) in [6.45, 7) is 0. The Hall–Kier alpha value is -2.47. The van der Waals surface area contributed by atoms with Crippen LogP contribution in [0.15, 0.2) is 43.0 Å². The van der Waals surface area contributed by atoms with Crippen molar-refractivity contribution in [2.24, 2.45) is 0 Å². The Balaban J connectivity index is 1.65. The molecule has 0 saturated heterocycles. The summed E-state index contributed by atoms with van der Waals surface area (Å²) in [5.74, 6) is 0.248. The number of aliphatic hydroxyl groups excluding tert-OH is 1. The van der Waals surface area contributed by atoms with E-state index in [9.17, 15) is 9.50 Å². The molecular weight excluding hydrogens is 283 g/mol. The molecule has 1 aromatic carbocycles. The summed E-state index contributed by atoms with van der Waals surface area (Å²) >= 11 is 0. The topological polar surface area (TPSA) is 77.6 Å². The number of halogens is 1. The molecule has 0 aliphatic carbocycles. The molecule has 0 spiro atoms. The van der Waals surface area contributed by atoms with Gasteiger partial charge in [-0.05, 0) is 48.1 Å². The lowest BCUT2D eigenvalue weighted by molar-refractivity contribution is 0.158. The van der Waals surface area contributed by atoms with Crippen molar-refractivity contribution in [1.29, 1.82) is 0 Å². The van der Waals surface area contributed by atoms with Gasteiger partial charge in [0.15, 0.2) is 5.82 Å². The smallest absolute Gasteiger partial charge is 0.153 e. The Bertz CT molecular complexity index is 723. The van der Waals surface area contributed by atoms with Crippen LogP contribution in [-0.2, 0) is 12.8 Å². The van der Waals surface area contributed by atoms with E-state index in [0.29, 0.717) is 25.1 Å². The monoisotopic (exact) mass is 300 g/mol. The maximum absolute atomic E-state index is 13.3. The highest BCUT2D eigenvalue weighted by atomic mass is 19.1. The van der Waals surface area contributed by atoms with Gasteiger partial charge in [0.25, 0.3) is 0 Å². The third-order valence-electron chi connectivity index (χ3n) is 3.65. The van der Waals surface area contributed by atoms with Crippen molar-refractivity contribution in [2.45, 2.75) is 25.4 Å². The Labute approximate surface area is 127 Å². The Morgan fingerprint density at radius 3 is 2.86 bits per heavy atom. The molecule has 0 aliphatic heterocycles. The maximum atomic E-state index is 13.3. The molecule has 0 bridgehead atoms. The van der Waals surface area contributed by atoms with Gasteiger partial charge in [0.2, 0.25) is 0 Å². The number of nitrogens with zero attached hydrogens (tertiary/aromatic N) is 2. The van der Waals surface area contributed by atoms with Crippen molar-refractivity contribution in [3.05, 3.63) is 71.3 Å². The molecule has 6 heteroatoms. The molecule has 2 aromatic heterocycles. The van der Waals surface area contributed by atoms with E-state index in [0.717, 1.165) is 16.7 Å². The van der Waals surface area contributed by atoms with Gasteiger partial charge in [-0.15, -0.1) is 0 Å². The predicted molar refractivity (Wildman–Crippen MR) is 79.7 cm³/mol. The van der Waals surface area contributed by atoms with E-state index in [1.54, 1.807) is 12.1 Å². The number of nitrogens with one attached hydrogen (secondary N) is 2. The molecule has 22 heavy (non-hydrogen) atoms. The quantitative estimate of drug-likeness (QED) is 0.654. The third kappa shape index (κ3) is 3.40. The number of aryl methyl sites for hydroxylation is 1. The van der Waals surface area contributed by atoms with Gasteiger partial charge in [-0.3, -0.25) is 5.10 Å². The molecule has 1 unspecified atom stereocenters. The lowest BCUT2D eigenvalue weighted by atomic mass is 10.00. The van der Waals surface area contributed by atoms with Crippen molar-refractivity contribution in [3.63, 3.8) is 0 Å². The maximum Gasteiger partial charge on any atom is 0.153 e. The fourth-order valence-electron chi connectivity index (χ4n) is 2.50. The van der Waals surface area contributed by atoms with Crippen LogP contribution in [0, 0.1) is 5.82 Å². The average Bonchev–Trinajstić information content (AvgIpc) is 3.16. The first-order valence-electron chi connectivity index (χ1n) is 7.14. The molecule has 114 valence electrons. The number of hydrogen-bond acceptors (Lipinski definition) is 3. The summed E-state index contributed by atoms with van der Waals surface area (Å²) in [4.78, 5) is 7.03. The molecule has 0 saturated carbocycles. The van der Waals surface area contributed by atoms with Crippen LogP contribution >= 0.6 is 0 Å². The average molecular weight is 300 g/mol. The Morgan fingerprint density at radius 2 is 2.09 bits per heavy atom. The van der Waals surface area contributed by atoms with Crippen LogP contribution in [0.4, 0.5) is 4.39 Å². The third-order valence-corrected chi connectivity index (χ3v) is 3.65. The zero-order valence-corrected chi connectivity index (χ0v) is 12.0. The minimum absolute atomic E-state index is 0.227. The Kier molecular flexibility index (Phi) is 4.29. The number of rotatable bonds is 6. The van der Waals surface area contributed by atoms with Crippen LogP contribution in [0.5, 0.6) is 0 Å². The molecule has 0 radical (unpaired) electrons. The van der Waals surface area contributed by atoms with E-state index in [2.05, 4.69) is 20.2 Å². The zero-order chi connectivity index (χ0) is 15.4. The highest BCUT2D eigenvalue weighted by molar-refractivity contribution is 5.31. The van der Waals surface area contributed by atoms with Crippen molar-refractivity contribution in [2.75, 3.05) is 0 Å². The van der Waals surface area contributed by atoms with Crippen molar-refractivity contribution in [3.8, 4) is 0 Å². The summed E-state index contributed by atoms with van der Waals surface area (Å²) in [7, 11) is 0. The number of benzene rings is 1. The molecule has 2 heterocycles. The highest BCUT2D eigenvalue weighted by Gasteiger charge is 2.12. The van der Waals surface area contributed by atoms with Crippen LogP contribution in [0.2, 0.25) is 0 Å². The summed E-state index contributed by atoms with van der Waals surface area (Å²) in [5, 5.41) is 16.4. The number of aromatic amines is 2. The second kappa shape index (κ2) is 6.53. The van der Waals surface area contributed by atoms with Crippen molar-refractivity contribution in [1.82, 2.24) is 20.2 Å². The summed E-state index contributed by atoms with van der Waals surface area (Å²) < 4.78 is 13.3. The molecule has 3 rings (SSSR count). The molecule has 5 nitrogen and oxygen atoms in total. The fraction of sp³-hybridized carbons (Fsp3) is 0.250. The predicted octanol–water partition coefficient (Wildman–Crippen LogP) is 2.53. The van der Waals surface area contributed by atoms with Crippen LogP contribution in [0.3, 0.4) is 0 Å². The number of aliphatic hydroxyl groups is 1. The van der Waals surface area contributed by atoms with E-state index < -0.39 is 6.10 Å². The van der Waals surface area contributed by atoms with Gasteiger partial charge in [0, 0.05) is 12.4 Å². The minimum atomic E-state index is -0.667. The lowest BCUT2D eigenvalue weighted by Gasteiger charge is -2.08. The highest BCUT2D eigenvalue weighted by Crippen LogP contribution is 2.20. The van der Waals surface area contributed by atoms with Gasteiger partial charge in [0.1, 0.15) is 18.2 Å². The molecule has 1 atom stereocenters. The second-order valence-electron chi connectivity index (χ2n) is 5.24. The van der Waals surface area contributed by atoms with Crippen LogP contribution < -0.4 is 0 Å². The first-order valence-corrected chi connectivity index (χ1v) is 7.14. The minimum Gasteiger partial charge on any atom is -0.385 e. The van der Waals surface area contributed by atoms with Crippen LogP contribution in [0.1, 0.15) is 35.0 Å². The standard InChI is InChI=1S/C16H17FN4O/c17-14-3-1-2-11(7-14)6-13-9-18-8-12(13)4-5-15(22)16-19-10-20-21-16/h1-3,7-10,15,18,22H,4-6H2,(H,19,20,21). The largest absolute Gasteiger partial charge is 0.385 e. The lowest BCUT2D eigenvalue weighted by Crippen LogP contribution is -2.03. The SMILES string of the molecule is OC(CCc1c[nH]cc1Cc1cccc(F)c1)c1ncn[nH]1. The number of aromatic nitrogens is 4. The number of H-pyrrole nitrogens is 2. The summed E-state index contributed by atoms with van der Waals surface area (Å²) in [6, 6.07) is 6.60. The first kappa shape index (κ1) is 14.5. The second-order valence-corrected chi connectivity index (χ2v) is 5.24. The van der Waals surface area contributed by atoms with Gasteiger partial charge in [0.05, 0.1) is 0 Å². The molecule has 0 aliphatic rings. The van der Waals surface area contributed by atoms with Crippen LogP contribution in [-0.4, -0.2) is 25.3 Å². The molecular formula is C16H17FN4O. The zero-order valence-electron chi connectivity index (χ0n) is 12.0. The molecule has 0 amide bonds. The molecule has 0 fully saturated rings. The van der Waals surface area contributed by atoms with Crippen molar-refractivity contribution < 1.29 is 9.50 Å². The Morgan fingerprint density at radius 1 is 1.23 bits per heavy atom. The van der Waals surface area contributed by atoms with E-state index in [4.69, 9.17) is 0 Å². The van der Waals surface area contributed by atoms with E-state index in [1.165, 1.54) is 12.4 Å². The van der Waals surface area contributed by atoms with E-state index in [1.807, 2.05) is 18.5 Å². The number of hydrogen-bond donors (Lipinski definition) is 3. The van der Waals surface area contributed by atoms with Crippen molar-refractivity contribution >= 4 is 0 Å². The summed E-state index contributed by atoms with van der Waals surface area (Å²) in [5.41, 5.74) is 3.15. The molecule has 3 aromatic rings. The van der Waals surface area contributed by atoms with E-state index >= 15 is 0 Å². The fourth-order valence-corrected chi connectivity index (χ4v) is 2.50. The van der Waals surface area contributed by atoms with Gasteiger partial charge in [-0.2, -0.15) is 5.10 Å². The van der Waals surface area contributed by atoms with Gasteiger partial charge < -0.3 is 10.1 Å². The van der Waals surface area contributed by atoms with Gasteiger partial charge in [-0.1, -0.05) is 12.1 Å². The van der Waals surface area contributed by atoms with Gasteiger partial charge in [-0.25, -0.2) is 9.37 Å². The molecule has 3 N–H and O–H groups in total. The van der Waals surface area contributed by atoms with Gasteiger partial charge >= 0.3 is 0 Å². The first-order chi connectivity index (χ1) is 10.7. The van der Waals surface area contributed by atoms with E-state index in [-0.39, 0.29) is 5.82 Å². The summed E-state index contributed by atoms with van der Waals surface area (Å²) in [6.07, 6.45) is 6.46.